The highest BCUT2D eigenvalue weighted by molar-refractivity contribution is 9.10. The highest BCUT2D eigenvalue weighted by Gasteiger charge is 2.48. The van der Waals surface area contributed by atoms with Crippen molar-refractivity contribution in [1.82, 2.24) is 0 Å². The molecule has 1 unspecified atom stereocenters. The fourth-order valence-corrected chi connectivity index (χ4v) is 4.16. The van der Waals surface area contributed by atoms with E-state index in [1.807, 2.05) is 50.2 Å². The van der Waals surface area contributed by atoms with Crippen LogP contribution in [-0.4, -0.2) is 28.4 Å². The van der Waals surface area contributed by atoms with Crippen molar-refractivity contribution in [2.75, 3.05) is 0 Å². The van der Waals surface area contributed by atoms with Crippen molar-refractivity contribution in [3.8, 4) is 11.1 Å². The van der Waals surface area contributed by atoms with E-state index in [-0.39, 0.29) is 12.2 Å². The molecule has 2 aromatic rings. The molecule has 0 fully saturated rings. The predicted octanol–water partition coefficient (Wildman–Crippen LogP) is 6.54. The molecule has 0 amide bonds. The summed E-state index contributed by atoms with van der Waals surface area (Å²) in [6.45, 7) is 8.71. The number of hydrogen-bond donors (Lipinski definition) is 1. The van der Waals surface area contributed by atoms with Crippen LogP contribution in [0.2, 0.25) is 0 Å². The Morgan fingerprint density at radius 1 is 0.906 bits per heavy atom. The number of ketones is 1. The number of rotatable bonds is 9. The monoisotopic (exact) mass is 502 g/mol. The van der Waals surface area contributed by atoms with Crippen LogP contribution < -0.4 is 0 Å². The number of aliphatic carboxylic acids is 1. The Hall–Kier alpha value is -2.47. The van der Waals surface area contributed by atoms with Crippen LogP contribution in [0.3, 0.4) is 0 Å². The number of halogens is 1. The zero-order chi connectivity index (χ0) is 24.1. The minimum absolute atomic E-state index is 0.0478. The van der Waals surface area contributed by atoms with Crippen molar-refractivity contribution in [1.29, 1.82) is 0 Å². The molecule has 2 rings (SSSR count). The molecule has 0 aliphatic heterocycles. The lowest BCUT2D eigenvalue weighted by Gasteiger charge is -2.36. The first-order valence-corrected chi connectivity index (χ1v) is 11.6. The quantitative estimate of drug-likeness (QED) is 0.239. The Bertz CT molecular complexity index is 951. The van der Waals surface area contributed by atoms with Gasteiger partial charge in [-0.15, -0.1) is 0 Å². The lowest BCUT2D eigenvalue weighted by Crippen LogP contribution is -2.45. The highest BCUT2D eigenvalue weighted by atomic mass is 79.9. The van der Waals surface area contributed by atoms with Gasteiger partial charge in [-0.05, 0) is 56.9 Å². The van der Waals surface area contributed by atoms with Crippen LogP contribution in [0, 0.1) is 11.3 Å². The second-order valence-electron chi connectivity index (χ2n) is 9.06. The number of benzene rings is 2. The van der Waals surface area contributed by atoms with Crippen LogP contribution in [-0.2, 0) is 14.3 Å². The second kappa shape index (κ2) is 10.4. The van der Waals surface area contributed by atoms with Crippen molar-refractivity contribution >= 4 is 33.7 Å². The van der Waals surface area contributed by atoms with Crippen molar-refractivity contribution in [2.45, 2.75) is 59.5 Å². The van der Waals surface area contributed by atoms with E-state index in [0.717, 1.165) is 15.6 Å². The van der Waals surface area contributed by atoms with Gasteiger partial charge in [0.05, 0.1) is 0 Å². The molecule has 5 nitrogen and oxygen atoms in total. The van der Waals surface area contributed by atoms with Crippen molar-refractivity contribution in [3.05, 3.63) is 58.6 Å². The molecule has 0 aliphatic carbocycles. The fourth-order valence-electron chi connectivity index (χ4n) is 3.90. The topological polar surface area (TPSA) is 80.7 Å². The Kier molecular flexibility index (Phi) is 8.41. The maximum atomic E-state index is 13.2. The number of carboxylic acid groups (broad SMARTS) is 1. The number of Topliss-reactive ketones (excluding diaryl/α,β-unsaturated/α-hetero) is 1. The normalized spacial score (nSPS) is 12.8. The number of esters is 1. The molecule has 1 atom stereocenters. The minimum Gasteiger partial charge on any atom is -0.481 e. The van der Waals surface area contributed by atoms with Crippen LogP contribution in [0.1, 0.15) is 64.2 Å². The zero-order valence-electron chi connectivity index (χ0n) is 19.3. The molecule has 0 saturated carbocycles. The van der Waals surface area contributed by atoms with Gasteiger partial charge in [0, 0.05) is 21.9 Å². The summed E-state index contributed by atoms with van der Waals surface area (Å²) in [6, 6.07) is 15.1. The second-order valence-corrected chi connectivity index (χ2v) is 9.97. The summed E-state index contributed by atoms with van der Waals surface area (Å²) in [5.74, 6) is -3.66. The first kappa shape index (κ1) is 25.8. The van der Waals surface area contributed by atoms with E-state index < -0.39 is 28.9 Å². The Balaban J connectivity index is 2.30. The summed E-state index contributed by atoms with van der Waals surface area (Å²) < 4.78 is 6.38. The molecule has 0 radical (unpaired) electrons. The molecule has 2 aromatic carbocycles. The Labute approximate surface area is 198 Å². The number of ether oxygens (including phenoxy) is 1. The van der Waals surface area contributed by atoms with Gasteiger partial charge in [0.1, 0.15) is 5.60 Å². The maximum Gasteiger partial charge on any atom is 0.321 e. The molecule has 0 aliphatic rings. The smallest absolute Gasteiger partial charge is 0.321 e. The Morgan fingerprint density at radius 3 is 1.78 bits per heavy atom. The average molecular weight is 503 g/mol. The number of hydrogen-bond acceptors (Lipinski definition) is 4. The minimum atomic E-state index is -1.41. The summed E-state index contributed by atoms with van der Waals surface area (Å²) >= 11 is 3.42. The van der Waals surface area contributed by atoms with E-state index in [9.17, 15) is 19.5 Å². The zero-order valence-corrected chi connectivity index (χ0v) is 20.9. The predicted molar refractivity (Wildman–Crippen MR) is 129 cm³/mol. The van der Waals surface area contributed by atoms with Crippen LogP contribution >= 0.6 is 15.9 Å². The SMILES string of the molecule is CCC(CC)(CC(=O)c1ccc(-c2ccc(Br)cc2)cc1)C(C(=O)O)C(=O)OC(C)(C)C. The average Bonchev–Trinajstić information content (AvgIpc) is 2.72. The molecule has 6 heteroatoms. The standard InChI is InChI=1S/C26H31BrO5/c1-6-26(7-2,22(23(29)30)24(31)32-25(3,4)5)16-21(28)19-10-8-17(9-11-19)18-12-14-20(27)15-13-18/h8-15,22H,6-7,16H2,1-5H3,(H,29,30). The van der Waals surface area contributed by atoms with Gasteiger partial charge >= 0.3 is 11.9 Å². The molecule has 0 aromatic heterocycles. The van der Waals surface area contributed by atoms with E-state index in [4.69, 9.17) is 4.74 Å². The Morgan fingerprint density at radius 2 is 1.38 bits per heavy atom. The molecular formula is C26H31BrO5. The summed E-state index contributed by atoms with van der Waals surface area (Å²) in [5.41, 5.74) is 0.647. The number of carbonyl (C=O) groups excluding carboxylic acids is 2. The third kappa shape index (κ3) is 6.28. The van der Waals surface area contributed by atoms with Crippen molar-refractivity contribution < 1.29 is 24.2 Å². The molecule has 0 bridgehead atoms. The van der Waals surface area contributed by atoms with Crippen LogP contribution in [0.25, 0.3) is 11.1 Å². The first-order chi connectivity index (χ1) is 14.9. The fraction of sp³-hybridized carbons (Fsp3) is 0.423. The van der Waals surface area contributed by atoms with Gasteiger partial charge in [0.25, 0.3) is 0 Å². The summed E-state index contributed by atoms with van der Waals surface area (Å²) in [7, 11) is 0. The van der Waals surface area contributed by atoms with E-state index in [1.165, 1.54) is 0 Å². The summed E-state index contributed by atoms with van der Waals surface area (Å²) in [6.07, 6.45) is 0.679. The molecule has 1 N–H and O–H groups in total. The third-order valence-corrected chi connectivity index (χ3v) is 6.34. The van der Waals surface area contributed by atoms with E-state index >= 15 is 0 Å². The van der Waals surface area contributed by atoms with E-state index in [0.29, 0.717) is 18.4 Å². The molecule has 0 saturated heterocycles. The van der Waals surface area contributed by atoms with Crippen LogP contribution in [0.5, 0.6) is 0 Å². The highest BCUT2D eigenvalue weighted by Crippen LogP contribution is 2.41. The molecule has 0 spiro atoms. The number of carbonyl (C=O) groups is 3. The van der Waals surface area contributed by atoms with Crippen molar-refractivity contribution in [2.24, 2.45) is 11.3 Å². The van der Waals surface area contributed by atoms with E-state index in [1.54, 1.807) is 32.9 Å². The lowest BCUT2D eigenvalue weighted by molar-refractivity contribution is -0.173. The molecule has 0 heterocycles. The van der Waals surface area contributed by atoms with Crippen LogP contribution in [0.15, 0.2) is 53.0 Å². The van der Waals surface area contributed by atoms with Gasteiger partial charge in [-0.1, -0.05) is 66.2 Å². The molecule has 172 valence electrons. The largest absolute Gasteiger partial charge is 0.481 e. The van der Waals surface area contributed by atoms with Gasteiger partial charge in [-0.25, -0.2) is 0 Å². The van der Waals surface area contributed by atoms with Crippen molar-refractivity contribution in [3.63, 3.8) is 0 Å². The third-order valence-electron chi connectivity index (χ3n) is 5.81. The lowest BCUT2D eigenvalue weighted by atomic mass is 9.67. The molecule has 32 heavy (non-hydrogen) atoms. The first-order valence-electron chi connectivity index (χ1n) is 10.8. The van der Waals surface area contributed by atoms with Gasteiger partial charge in [0.2, 0.25) is 0 Å². The number of carboxylic acids is 1. The van der Waals surface area contributed by atoms with E-state index in [2.05, 4.69) is 15.9 Å². The van der Waals surface area contributed by atoms with Gasteiger partial charge < -0.3 is 9.84 Å². The summed E-state index contributed by atoms with van der Waals surface area (Å²) in [4.78, 5) is 38.1. The van der Waals surface area contributed by atoms with Gasteiger partial charge in [-0.3, -0.25) is 14.4 Å². The van der Waals surface area contributed by atoms with Gasteiger partial charge in [0.15, 0.2) is 11.7 Å². The van der Waals surface area contributed by atoms with Gasteiger partial charge in [-0.2, -0.15) is 0 Å². The van der Waals surface area contributed by atoms with Crippen LogP contribution in [0.4, 0.5) is 0 Å². The summed E-state index contributed by atoms with van der Waals surface area (Å²) in [5, 5.41) is 9.89. The maximum absolute atomic E-state index is 13.2. The molecular weight excluding hydrogens is 472 g/mol.